The molecular weight excluding hydrogens is 624 g/mol. The molecule has 0 unspecified atom stereocenters. The van der Waals surface area contributed by atoms with Crippen molar-refractivity contribution in [1.82, 2.24) is 4.57 Å². The maximum absolute atomic E-state index is 14.0. The van der Waals surface area contributed by atoms with Gasteiger partial charge >= 0.3 is 11.9 Å². The van der Waals surface area contributed by atoms with Crippen molar-refractivity contribution in [2.75, 3.05) is 7.11 Å². The summed E-state index contributed by atoms with van der Waals surface area (Å²) in [6.07, 6.45) is 1.24. The van der Waals surface area contributed by atoms with Crippen molar-refractivity contribution in [3.05, 3.63) is 106 Å². The van der Waals surface area contributed by atoms with E-state index in [2.05, 4.69) is 20.9 Å². The molecule has 42 heavy (non-hydrogen) atoms. The molecule has 0 fully saturated rings. The predicted octanol–water partition coefficient (Wildman–Crippen LogP) is 5.22. The molecule has 9 nitrogen and oxygen atoms in total. The van der Waals surface area contributed by atoms with Gasteiger partial charge in [-0.2, -0.15) is 0 Å². The van der Waals surface area contributed by atoms with E-state index in [-0.39, 0.29) is 22.8 Å². The number of nitrogens with zero attached hydrogens (tertiary/aromatic N) is 2. The van der Waals surface area contributed by atoms with Crippen molar-refractivity contribution in [2.45, 2.75) is 39.8 Å². The molecule has 0 spiro atoms. The van der Waals surface area contributed by atoms with Crippen LogP contribution < -0.4 is 19.6 Å². The highest BCUT2D eigenvalue weighted by molar-refractivity contribution is 9.10. The summed E-state index contributed by atoms with van der Waals surface area (Å²) in [4.78, 5) is 44.0. The molecule has 216 valence electrons. The van der Waals surface area contributed by atoms with Gasteiger partial charge in [0.25, 0.3) is 5.56 Å². The molecule has 0 aliphatic carbocycles. The molecule has 5 rings (SSSR count). The monoisotopic (exact) mass is 650 g/mol. The number of carbonyl (C=O) groups excluding carboxylic acids is 1. The van der Waals surface area contributed by atoms with Crippen LogP contribution in [0, 0.1) is 6.92 Å². The van der Waals surface area contributed by atoms with Crippen molar-refractivity contribution in [1.29, 1.82) is 0 Å². The molecule has 1 aliphatic heterocycles. The number of thiazole rings is 1. The standard InChI is InChI=1S/C31H27BrN2O7S/c1-15(2)40-30(38)26-17(4)33-31-34(27(26)22-13-18(32)9-11-23(22)39-5)28(35)25(42-31)14-19-10-12-24(41-19)20-7-6-8-21(16(20)3)29(36)37/h6-15,27H,1-5H3,(H,36,37)/b25-14-/t27-/m1/s1. The average molecular weight is 652 g/mol. The minimum absolute atomic E-state index is 0.184. The highest BCUT2D eigenvalue weighted by Crippen LogP contribution is 2.37. The third-order valence-corrected chi connectivity index (χ3v) is 8.28. The Kier molecular flexibility index (Phi) is 8.07. The van der Waals surface area contributed by atoms with Crippen LogP contribution in [0.3, 0.4) is 0 Å². The van der Waals surface area contributed by atoms with Gasteiger partial charge in [0.15, 0.2) is 4.80 Å². The molecular formula is C31H27BrN2O7S. The van der Waals surface area contributed by atoms with Crippen molar-refractivity contribution in [2.24, 2.45) is 4.99 Å². The number of carbonyl (C=O) groups is 2. The molecule has 0 saturated heterocycles. The SMILES string of the molecule is COc1ccc(Br)cc1[C@@H]1C(C(=O)OC(C)C)=C(C)N=c2s/c(=C\c3ccc(-c4cccc(C(=O)O)c4C)o3)c(=O)n21. The quantitative estimate of drug-likeness (QED) is 0.272. The van der Waals surface area contributed by atoms with Crippen molar-refractivity contribution < 1.29 is 28.6 Å². The van der Waals surface area contributed by atoms with Gasteiger partial charge in [-0.15, -0.1) is 0 Å². The minimum Gasteiger partial charge on any atom is -0.496 e. The summed E-state index contributed by atoms with van der Waals surface area (Å²) >= 11 is 4.67. The lowest BCUT2D eigenvalue weighted by molar-refractivity contribution is -0.143. The fraction of sp³-hybridized carbons (Fsp3) is 0.226. The Hall–Kier alpha value is -4.22. The van der Waals surface area contributed by atoms with E-state index >= 15 is 0 Å². The van der Waals surface area contributed by atoms with Gasteiger partial charge in [0.2, 0.25) is 0 Å². The maximum atomic E-state index is 14.0. The highest BCUT2D eigenvalue weighted by Gasteiger charge is 2.35. The van der Waals surface area contributed by atoms with Gasteiger partial charge in [-0.1, -0.05) is 39.4 Å². The molecule has 2 aromatic carbocycles. The molecule has 4 aromatic rings. The number of hydrogen-bond acceptors (Lipinski definition) is 8. The largest absolute Gasteiger partial charge is 0.496 e. The first-order valence-corrected chi connectivity index (χ1v) is 14.6. The van der Waals surface area contributed by atoms with E-state index in [0.717, 1.165) is 4.47 Å². The first-order chi connectivity index (χ1) is 20.0. The Morgan fingerprint density at radius 2 is 1.93 bits per heavy atom. The summed E-state index contributed by atoms with van der Waals surface area (Å²) < 4.78 is 19.8. The van der Waals surface area contributed by atoms with Gasteiger partial charge in [0, 0.05) is 21.7 Å². The van der Waals surface area contributed by atoms with Gasteiger partial charge in [-0.05, 0) is 69.7 Å². The van der Waals surface area contributed by atoms with E-state index in [1.165, 1.54) is 29.1 Å². The zero-order valence-corrected chi connectivity index (χ0v) is 25.8. The number of aromatic nitrogens is 1. The smallest absolute Gasteiger partial charge is 0.338 e. The lowest BCUT2D eigenvalue weighted by Gasteiger charge is -2.26. The van der Waals surface area contributed by atoms with E-state index in [1.807, 2.05) is 12.1 Å². The Morgan fingerprint density at radius 1 is 1.17 bits per heavy atom. The molecule has 1 N–H and O–H groups in total. The van der Waals surface area contributed by atoms with E-state index in [9.17, 15) is 19.5 Å². The summed E-state index contributed by atoms with van der Waals surface area (Å²) in [7, 11) is 1.53. The third kappa shape index (κ3) is 5.37. The van der Waals surface area contributed by atoms with Crippen LogP contribution >= 0.6 is 27.3 Å². The topological polar surface area (TPSA) is 120 Å². The van der Waals surface area contributed by atoms with Crippen LogP contribution in [0.5, 0.6) is 5.75 Å². The molecule has 0 amide bonds. The average Bonchev–Trinajstić information content (AvgIpc) is 3.51. The number of hydrogen-bond donors (Lipinski definition) is 1. The molecule has 0 bridgehead atoms. The minimum atomic E-state index is -1.02. The number of carboxylic acids is 1. The van der Waals surface area contributed by atoms with E-state index in [4.69, 9.17) is 13.9 Å². The summed E-state index contributed by atoms with van der Waals surface area (Å²) in [5.74, 6) is -0.215. The molecule has 3 heterocycles. The molecule has 1 atom stereocenters. The molecule has 0 saturated carbocycles. The maximum Gasteiger partial charge on any atom is 0.338 e. The van der Waals surface area contributed by atoms with Gasteiger partial charge < -0.3 is 19.0 Å². The lowest BCUT2D eigenvalue weighted by atomic mass is 9.95. The number of ether oxygens (including phenoxy) is 2. The van der Waals surface area contributed by atoms with E-state index < -0.39 is 18.0 Å². The van der Waals surface area contributed by atoms with Gasteiger partial charge in [-0.25, -0.2) is 14.6 Å². The normalized spacial score (nSPS) is 15.0. The van der Waals surface area contributed by atoms with Crippen molar-refractivity contribution >= 4 is 45.3 Å². The Bertz CT molecular complexity index is 1950. The van der Waals surface area contributed by atoms with Crippen LogP contribution in [-0.2, 0) is 9.53 Å². The number of aromatic carboxylic acids is 1. The van der Waals surface area contributed by atoms with Gasteiger partial charge in [0.05, 0.1) is 34.6 Å². The number of halogens is 1. The predicted molar refractivity (Wildman–Crippen MR) is 162 cm³/mol. The Labute approximate surface area is 253 Å². The van der Waals surface area contributed by atoms with Crippen LogP contribution in [-0.4, -0.2) is 34.8 Å². The Morgan fingerprint density at radius 3 is 2.62 bits per heavy atom. The number of benzene rings is 2. The lowest BCUT2D eigenvalue weighted by Crippen LogP contribution is -2.40. The summed E-state index contributed by atoms with van der Waals surface area (Å²) in [6.45, 7) is 6.96. The zero-order valence-electron chi connectivity index (χ0n) is 23.4. The molecule has 1 aliphatic rings. The molecule has 2 aromatic heterocycles. The first-order valence-electron chi connectivity index (χ1n) is 13.0. The third-order valence-electron chi connectivity index (χ3n) is 6.80. The second-order valence-corrected chi connectivity index (χ2v) is 11.8. The van der Waals surface area contributed by atoms with E-state index in [1.54, 1.807) is 64.1 Å². The van der Waals surface area contributed by atoms with Crippen LogP contribution in [0.25, 0.3) is 17.4 Å². The van der Waals surface area contributed by atoms with Crippen LogP contribution in [0.1, 0.15) is 54.1 Å². The van der Waals surface area contributed by atoms with Crippen molar-refractivity contribution in [3.63, 3.8) is 0 Å². The number of methoxy groups -OCH3 is 1. The number of esters is 1. The van der Waals surface area contributed by atoms with Crippen LogP contribution in [0.2, 0.25) is 0 Å². The summed E-state index contributed by atoms with van der Waals surface area (Å²) in [5, 5.41) is 9.49. The second kappa shape index (κ2) is 11.6. The number of fused-ring (bicyclic) bond motifs is 1. The van der Waals surface area contributed by atoms with E-state index in [0.29, 0.717) is 49.0 Å². The van der Waals surface area contributed by atoms with Gasteiger partial charge in [-0.3, -0.25) is 9.36 Å². The highest BCUT2D eigenvalue weighted by atomic mass is 79.9. The first kappa shape index (κ1) is 29.3. The zero-order chi connectivity index (χ0) is 30.3. The van der Waals surface area contributed by atoms with Crippen molar-refractivity contribution in [3.8, 4) is 17.1 Å². The molecule has 11 heteroatoms. The number of rotatable bonds is 7. The number of carboxylic acid groups (broad SMARTS) is 1. The fourth-order valence-electron chi connectivity index (χ4n) is 4.91. The summed E-state index contributed by atoms with van der Waals surface area (Å²) in [5.41, 5.74) is 2.31. The fourth-order valence-corrected chi connectivity index (χ4v) is 6.32. The summed E-state index contributed by atoms with van der Waals surface area (Å²) in [6, 6.07) is 13.0. The number of allylic oxidation sites excluding steroid dienone is 1. The van der Waals surface area contributed by atoms with Gasteiger partial charge in [0.1, 0.15) is 23.3 Å². The van der Waals surface area contributed by atoms with Crippen LogP contribution in [0.15, 0.2) is 78.5 Å². The van der Waals surface area contributed by atoms with Crippen LogP contribution in [0.4, 0.5) is 0 Å². The second-order valence-electron chi connectivity index (χ2n) is 9.91. The molecule has 0 radical (unpaired) electrons. The Balaban J connectivity index is 1.67. The number of furan rings is 1.